The minimum absolute atomic E-state index is 0.106. The molecule has 1 heterocycles. The van der Waals surface area contributed by atoms with E-state index >= 15 is 0 Å². The number of likely N-dealkylation sites (tertiary alicyclic amines) is 1. The van der Waals surface area contributed by atoms with Crippen molar-refractivity contribution in [3.05, 3.63) is 0 Å². The minimum atomic E-state index is -0.161. The number of rotatable bonds is 3. The molecule has 0 radical (unpaired) electrons. The number of nitrogens with zero attached hydrogens (tertiary/aromatic N) is 3. The van der Waals surface area contributed by atoms with E-state index in [0.717, 1.165) is 6.54 Å². The fourth-order valence-electron chi connectivity index (χ4n) is 2.15. The van der Waals surface area contributed by atoms with E-state index in [-0.39, 0.29) is 23.8 Å². The van der Waals surface area contributed by atoms with Gasteiger partial charge in [0.05, 0.1) is 17.9 Å². The lowest BCUT2D eigenvalue weighted by Crippen LogP contribution is -2.40. The molecule has 1 rings (SSSR count). The van der Waals surface area contributed by atoms with Crippen molar-refractivity contribution in [3.63, 3.8) is 0 Å². The first kappa shape index (κ1) is 14.0. The normalized spacial score (nSPS) is 25.3. The van der Waals surface area contributed by atoms with Crippen LogP contribution in [0.4, 0.5) is 0 Å². The van der Waals surface area contributed by atoms with E-state index in [2.05, 4.69) is 24.8 Å². The van der Waals surface area contributed by atoms with Crippen LogP contribution in [0.3, 0.4) is 0 Å². The molecule has 1 aliphatic rings. The lowest BCUT2D eigenvalue weighted by molar-refractivity contribution is -0.136. The van der Waals surface area contributed by atoms with Crippen LogP contribution in [-0.2, 0) is 4.79 Å². The molecule has 96 valence electrons. The number of carbonyl (C=O) groups excluding carboxylic acids is 1. The molecule has 0 N–H and O–H groups in total. The molecule has 1 saturated heterocycles. The summed E-state index contributed by atoms with van der Waals surface area (Å²) >= 11 is 0. The fraction of sp³-hybridized carbons (Fsp3) is 0.846. The highest BCUT2D eigenvalue weighted by molar-refractivity contribution is 5.80. The Morgan fingerprint density at radius 3 is 2.35 bits per heavy atom. The minimum Gasteiger partial charge on any atom is -0.343 e. The summed E-state index contributed by atoms with van der Waals surface area (Å²) in [6, 6.07) is 2.87. The van der Waals surface area contributed by atoms with E-state index in [4.69, 9.17) is 5.26 Å². The molecule has 2 unspecified atom stereocenters. The van der Waals surface area contributed by atoms with E-state index < -0.39 is 0 Å². The van der Waals surface area contributed by atoms with Crippen LogP contribution in [0, 0.1) is 23.2 Å². The van der Waals surface area contributed by atoms with E-state index in [0.29, 0.717) is 12.6 Å². The monoisotopic (exact) mass is 237 g/mol. The molecule has 1 fully saturated rings. The van der Waals surface area contributed by atoms with Gasteiger partial charge in [-0.3, -0.25) is 9.69 Å². The maximum absolute atomic E-state index is 12.3. The van der Waals surface area contributed by atoms with Gasteiger partial charge in [0, 0.05) is 32.2 Å². The number of carbonyl (C=O) groups is 1. The average molecular weight is 237 g/mol. The highest BCUT2D eigenvalue weighted by Gasteiger charge is 2.40. The Hall–Kier alpha value is -1.08. The van der Waals surface area contributed by atoms with Gasteiger partial charge >= 0.3 is 0 Å². The summed E-state index contributed by atoms with van der Waals surface area (Å²) in [6.07, 6.45) is 0. The molecule has 0 aromatic heterocycles. The van der Waals surface area contributed by atoms with Gasteiger partial charge in [0.15, 0.2) is 0 Å². The van der Waals surface area contributed by atoms with Gasteiger partial charge in [0.2, 0.25) is 5.91 Å². The van der Waals surface area contributed by atoms with Crippen LogP contribution >= 0.6 is 0 Å². The van der Waals surface area contributed by atoms with Gasteiger partial charge in [0.1, 0.15) is 0 Å². The summed E-state index contributed by atoms with van der Waals surface area (Å²) in [5.74, 6) is -0.212. The molecular weight excluding hydrogens is 214 g/mol. The quantitative estimate of drug-likeness (QED) is 0.744. The van der Waals surface area contributed by atoms with E-state index in [1.165, 1.54) is 0 Å². The third-order valence-corrected chi connectivity index (χ3v) is 3.68. The Bertz CT molecular complexity index is 319. The summed E-state index contributed by atoms with van der Waals surface area (Å²) in [6.45, 7) is 9.63. The Kier molecular flexibility index (Phi) is 4.53. The first-order valence-electron chi connectivity index (χ1n) is 6.28. The van der Waals surface area contributed by atoms with Crippen LogP contribution < -0.4 is 0 Å². The second-order valence-corrected chi connectivity index (χ2v) is 5.43. The van der Waals surface area contributed by atoms with Crippen LogP contribution in [0.25, 0.3) is 0 Å². The molecule has 0 aromatic rings. The largest absolute Gasteiger partial charge is 0.343 e. The number of hydrogen-bond acceptors (Lipinski definition) is 3. The van der Waals surface area contributed by atoms with Gasteiger partial charge in [-0.25, -0.2) is 0 Å². The van der Waals surface area contributed by atoms with Crippen LogP contribution in [0.5, 0.6) is 0 Å². The van der Waals surface area contributed by atoms with Crippen molar-refractivity contribution in [1.82, 2.24) is 9.80 Å². The molecule has 0 aromatic carbocycles. The molecule has 4 nitrogen and oxygen atoms in total. The van der Waals surface area contributed by atoms with Gasteiger partial charge in [-0.05, 0) is 27.7 Å². The maximum atomic E-state index is 12.3. The molecule has 4 heteroatoms. The first-order chi connectivity index (χ1) is 7.88. The third-order valence-electron chi connectivity index (χ3n) is 3.68. The van der Waals surface area contributed by atoms with Crippen LogP contribution in [0.1, 0.15) is 27.7 Å². The van der Waals surface area contributed by atoms with E-state index in [1.807, 2.05) is 20.9 Å². The second-order valence-electron chi connectivity index (χ2n) is 5.43. The lowest BCUT2D eigenvalue weighted by Gasteiger charge is -2.26. The molecule has 0 bridgehead atoms. The topological polar surface area (TPSA) is 47.3 Å². The number of amides is 1. The fourth-order valence-corrected chi connectivity index (χ4v) is 2.15. The highest BCUT2D eigenvalue weighted by Crippen LogP contribution is 2.26. The van der Waals surface area contributed by atoms with Crippen LogP contribution in [0.2, 0.25) is 0 Å². The summed E-state index contributed by atoms with van der Waals surface area (Å²) in [4.78, 5) is 16.2. The Labute approximate surface area is 104 Å². The van der Waals surface area contributed by atoms with Gasteiger partial charge < -0.3 is 4.90 Å². The smallest absolute Gasteiger partial charge is 0.228 e. The number of hydrogen-bond donors (Lipinski definition) is 0. The molecule has 0 spiro atoms. The number of nitriles is 1. The van der Waals surface area contributed by atoms with Gasteiger partial charge in [0.25, 0.3) is 0 Å². The van der Waals surface area contributed by atoms with Crippen molar-refractivity contribution in [2.24, 2.45) is 11.8 Å². The lowest BCUT2D eigenvalue weighted by atomic mass is 9.96. The maximum Gasteiger partial charge on any atom is 0.228 e. The SMILES string of the molecule is CC(C)N1CC(C#N)C(C(=O)N(C)C(C)C)C1. The Morgan fingerprint density at radius 2 is 1.94 bits per heavy atom. The predicted molar refractivity (Wildman–Crippen MR) is 67.2 cm³/mol. The zero-order valence-corrected chi connectivity index (χ0v) is 11.5. The molecule has 1 amide bonds. The van der Waals surface area contributed by atoms with Gasteiger partial charge in [-0.1, -0.05) is 0 Å². The van der Waals surface area contributed by atoms with E-state index in [1.54, 1.807) is 4.90 Å². The molecule has 1 aliphatic heterocycles. The van der Waals surface area contributed by atoms with Crippen LogP contribution in [0.15, 0.2) is 0 Å². The molecule has 2 atom stereocenters. The van der Waals surface area contributed by atoms with Crippen molar-refractivity contribution in [3.8, 4) is 6.07 Å². The van der Waals surface area contributed by atoms with Crippen molar-refractivity contribution in [2.75, 3.05) is 20.1 Å². The molecular formula is C13H23N3O. The third kappa shape index (κ3) is 2.98. The summed E-state index contributed by atoms with van der Waals surface area (Å²) in [5.41, 5.74) is 0. The average Bonchev–Trinajstić information content (AvgIpc) is 2.70. The molecule has 0 saturated carbocycles. The van der Waals surface area contributed by atoms with Crippen LogP contribution in [-0.4, -0.2) is 47.9 Å². The van der Waals surface area contributed by atoms with Gasteiger partial charge in [-0.15, -0.1) is 0 Å². The van der Waals surface area contributed by atoms with E-state index in [9.17, 15) is 4.79 Å². The van der Waals surface area contributed by atoms with Crippen molar-refractivity contribution < 1.29 is 4.79 Å². The summed E-state index contributed by atoms with van der Waals surface area (Å²) in [5, 5.41) is 9.16. The molecule has 17 heavy (non-hydrogen) atoms. The zero-order chi connectivity index (χ0) is 13.2. The Balaban J connectivity index is 2.76. The standard InChI is InChI=1S/C13H23N3O/c1-9(2)15(5)13(17)12-8-16(10(3)4)7-11(12)6-14/h9-12H,7-8H2,1-5H3. The highest BCUT2D eigenvalue weighted by atomic mass is 16.2. The predicted octanol–water partition coefficient (Wildman–Crippen LogP) is 1.33. The van der Waals surface area contributed by atoms with Crippen molar-refractivity contribution >= 4 is 5.91 Å². The van der Waals surface area contributed by atoms with Gasteiger partial charge in [-0.2, -0.15) is 5.26 Å². The molecule has 0 aliphatic carbocycles. The zero-order valence-electron chi connectivity index (χ0n) is 11.5. The second kappa shape index (κ2) is 5.50. The summed E-state index contributed by atoms with van der Waals surface area (Å²) < 4.78 is 0. The van der Waals surface area contributed by atoms with Crippen molar-refractivity contribution in [1.29, 1.82) is 5.26 Å². The Morgan fingerprint density at radius 1 is 1.35 bits per heavy atom. The van der Waals surface area contributed by atoms with Crippen molar-refractivity contribution in [2.45, 2.75) is 39.8 Å². The first-order valence-corrected chi connectivity index (χ1v) is 6.28. The summed E-state index contributed by atoms with van der Waals surface area (Å²) in [7, 11) is 1.82.